The predicted octanol–water partition coefficient (Wildman–Crippen LogP) is 3.50. The summed E-state index contributed by atoms with van der Waals surface area (Å²) in [5, 5.41) is 0. The number of ether oxygens (including phenoxy) is 4. The van der Waals surface area contributed by atoms with Gasteiger partial charge in [0.05, 0.1) is 26.6 Å². The van der Waals surface area contributed by atoms with Crippen molar-refractivity contribution >= 4 is 5.78 Å². The highest BCUT2D eigenvalue weighted by Crippen LogP contribution is 2.37. The van der Waals surface area contributed by atoms with E-state index in [4.69, 9.17) is 18.9 Å². The average molecular weight is 464 g/mol. The van der Waals surface area contributed by atoms with Crippen LogP contribution in [0.3, 0.4) is 0 Å². The molecule has 8 heteroatoms. The zero-order chi connectivity index (χ0) is 24.0. The van der Waals surface area contributed by atoms with Gasteiger partial charge in [-0.3, -0.25) is 4.79 Å². The number of nitrogens with zero attached hydrogens (tertiary/aromatic N) is 3. The largest absolute Gasteiger partial charge is 0.497 e. The van der Waals surface area contributed by atoms with Crippen LogP contribution in [-0.2, 0) is 21.8 Å². The first kappa shape index (κ1) is 23.5. The molecule has 1 saturated heterocycles. The third-order valence-electron chi connectivity index (χ3n) is 5.44. The molecule has 2 unspecified atom stereocenters. The van der Waals surface area contributed by atoms with Crippen molar-refractivity contribution in [3.05, 3.63) is 90.7 Å². The van der Waals surface area contributed by atoms with Crippen molar-refractivity contribution < 1.29 is 23.7 Å². The fourth-order valence-corrected chi connectivity index (χ4v) is 3.66. The van der Waals surface area contributed by atoms with E-state index in [1.165, 1.54) is 0 Å². The highest BCUT2D eigenvalue weighted by atomic mass is 16.8. The highest BCUT2D eigenvalue weighted by molar-refractivity contribution is 6.04. The summed E-state index contributed by atoms with van der Waals surface area (Å²) in [5.41, 5.74) is 1.49. The van der Waals surface area contributed by atoms with Crippen molar-refractivity contribution in [1.82, 2.24) is 14.5 Å². The minimum absolute atomic E-state index is 0.0587. The number of allylic oxidation sites excluding steroid dienone is 1. The molecule has 1 aliphatic heterocycles. The molecule has 4 rings (SSSR count). The topological polar surface area (TPSA) is 75.1 Å². The summed E-state index contributed by atoms with van der Waals surface area (Å²) < 4.78 is 25.8. The van der Waals surface area contributed by atoms with Gasteiger partial charge in [-0.15, -0.1) is 0 Å². The monoisotopic (exact) mass is 463 g/mol. The number of hydrogen-bond acceptors (Lipinski definition) is 7. The van der Waals surface area contributed by atoms with Gasteiger partial charge in [0.15, 0.2) is 5.78 Å². The van der Waals surface area contributed by atoms with Gasteiger partial charge in [-0.25, -0.2) is 4.98 Å². The van der Waals surface area contributed by atoms with E-state index < -0.39 is 5.79 Å². The SMILES string of the molecule is COc1ccc(C2(Cn3ccnc3)OCC(COc3ccc(C(=O)/C=C/N(C)C)cc3)O2)cc1. The molecule has 178 valence electrons. The number of rotatable bonds is 10. The van der Waals surface area contributed by atoms with Crippen LogP contribution in [0.5, 0.6) is 11.5 Å². The van der Waals surface area contributed by atoms with Crippen LogP contribution < -0.4 is 9.47 Å². The molecule has 0 radical (unpaired) electrons. The zero-order valence-electron chi connectivity index (χ0n) is 19.6. The van der Waals surface area contributed by atoms with Gasteiger partial charge >= 0.3 is 0 Å². The van der Waals surface area contributed by atoms with E-state index in [0.29, 0.717) is 31.1 Å². The second kappa shape index (κ2) is 10.5. The van der Waals surface area contributed by atoms with E-state index in [1.54, 1.807) is 56.2 Å². The molecule has 2 atom stereocenters. The van der Waals surface area contributed by atoms with Gasteiger partial charge in [0, 0.05) is 49.9 Å². The Labute approximate surface area is 199 Å². The second-order valence-electron chi connectivity index (χ2n) is 8.25. The summed E-state index contributed by atoms with van der Waals surface area (Å²) in [6.45, 7) is 1.15. The molecule has 0 aliphatic carbocycles. The number of hydrogen-bond donors (Lipinski definition) is 0. The average Bonchev–Trinajstić information content (AvgIpc) is 3.52. The van der Waals surface area contributed by atoms with E-state index in [2.05, 4.69) is 4.98 Å². The molecule has 0 amide bonds. The third-order valence-corrected chi connectivity index (χ3v) is 5.44. The van der Waals surface area contributed by atoms with Gasteiger partial charge < -0.3 is 28.4 Å². The van der Waals surface area contributed by atoms with Crippen LogP contribution in [-0.4, -0.2) is 60.8 Å². The Bertz CT molecular complexity index is 1090. The number of imidazole rings is 1. The van der Waals surface area contributed by atoms with Gasteiger partial charge in [0.2, 0.25) is 5.79 Å². The number of ketones is 1. The first-order valence-corrected chi connectivity index (χ1v) is 11.0. The van der Waals surface area contributed by atoms with Crippen LogP contribution in [0, 0.1) is 0 Å². The van der Waals surface area contributed by atoms with Crippen molar-refractivity contribution in [2.24, 2.45) is 0 Å². The van der Waals surface area contributed by atoms with Crippen LogP contribution in [0.2, 0.25) is 0 Å². The Balaban J connectivity index is 1.41. The molecule has 8 nitrogen and oxygen atoms in total. The Morgan fingerprint density at radius 1 is 1.18 bits per heavy atom. The molecule has 1 fully saturated rings. The molecule has 2 heterocycles. The molecule has 1 aliphatic rings. The highest BCUT2D eigenvalue weighted by Gasteiger charge is 2.44. The summed E-state index contributed by atoms with van der Waals surface area (Å²) in [7, 11) is 5.37. The maximum absolute atomic E-state index is 12.2. The molecular weight excluding hydrogens is 434 g/mol. The summed E-state index contributed by atoms with van der Waals surface area (Å²) >= 11 is 0. The maximum Gasteiger partial charge on any atom is 0.214 e. The maximum atomic E-state index is 12.2. The molecule has 0 N–H and O–H groups in total. The van der Waals surface area contributed by atoms with Crippen LogP contribution in [0.1, 0.15) is 15.9 Å². The van der Waals surface area contributed by atoms with Crippen LogP contribution in [0.15, 0.2) is 79.5 Å². The normalized spacial score (nSPS) is 19.9. The number of aromatic nitrogens is 2. The van der Waals surface area contributed by atoms with Gasteiger partial charge in [-0.2, -0.15) is 0 Å². The first-order valence-electron chi connectivity index (χ1n) is 11.0. The number of benzene rings is 2. The number of carbonyl (C=O) groups excluding carboxylic acids is 1. The fourth-order valence-electron chi connectivity index (χ4n) is 3.66. The van der Waals surface area contributed by atoms with Gasteiger partial charge in [0.25, 0.3) is 0 Å². The number of carbonyl (C=O) groups is 1. The summed E-state index contributed by atoms with van der Waals surface area (Å²) in [6.07, 6.45) is 8.33. The fraction of sp³-hybridized carbons (Fsp3) is 0.308. The summed E-state index contributed by atoms with van der Waals surface area (Å²) in [5.74, 6) is 0.402. The Kier molecular flexibility index (Phi) is 7.30. The van der Waals surface area contributed by atoms with E-state index in [9.17, 15) is 4.79 Å². The molecule has 3 aromatic rings. The molecule has 0 bridgehead atoms. The third kappa shape index (κ3) is 5.65. The molecule has 0 spiro atoms. The minimum atomic E-state index is -0.962. The van der Waals surface area contributed by atoms with Crippen molar-refractivity contribution in [3.8, 4) is 11.5 Å². The minimum Gasteiger partial charge on any atom is -0.497 e. The Morgan fingerprint density at radius 2 is 1.91 bits per heavy atom. The van der Waals surface area contributed by atoms with Crippen LogP contribution in [0.4, 0.5) is 0 Å². The molecule has 0 saturated carbocycles. The van der Waals surface area contributed by atoms with E-state index in [0.717, 1.165) is 11.3 Å². The molecule has 2 aromatic carbocycles. The van der Waals surface area contributed by atoms with Crippen LogP contribution >= 0.6 is 0 Å². The smallest absolute Gasteiger partial charge is 0.214 e. The van der Waals surface area contributed by atoms with Crippen molar-refractivity contribution in [2.45, 2.75) is 18.4 Å². The van der Waals surface area contributed by atoms with E-state index in [-0.39, 0.29) is 11.9 Å². The standard InChI is InChI=1S/C26H29N3O5/c1-28(2)14-12-25(30)20-4-8-23(9-5-20)32-16-24-17-33-26(34-24,18-29-15-13-27-19-29)21-6-10-22(31-3)11-7-21/h4-15,19,24H,16-18H2,1-3H3/b14-12+. The Hall–Kier alpha value is -3.62. The lowest BCUT2D eigenvalue weighted by Crippen LogP contribution is -2.34. The predicted molar refractivity (Wildman–Crippen MR) is 127 cm³/mol. The van der Waals surface area contributed by atoms with Gasteiger partial charge in [-0.1, -0.05) is 0 Å². The van der Waals surface area contributed by atoms with Crippen molar-refractivity contribution in [1.29, 1.82) is 0 Å². The van der Waals surface area contributed by atoms with Crippen LogP contribution in [0.25, 0.3) is 0 Å². The van der Waals surface area contributed by atoms with E-state index in [1.807, 2.05) is 54.0 Å². The lowest BCUT2D eigenvalue weighted by Gasteiger charge is -2.29. The molecule has 34 heavy (non-hydrogen) atoms. The molecular formula is C26H29N3O5. The Morgan fingerprint density at radius 3 is 2.56 bits per heavy atom. The van der Waals surface area contributed by atoms with Gasteiger partial charge in [-0.05, 0) is 48.5 Å². The lowest BCUT2D eigenvalue weighted by molar-refractivity contribution is -0.189. The first-order chi connectivity index (χ1) is 16.5. The quantitative estimate of drug-likeness (QED) is 0.337. The zero-order valence-corrected chi connectivity index (χ0v) is 19.6. The van der Waals surface area contributed by atoms with Gasteiger partial charge in [0.1, 0.15) is 24.2 Å². The molecule has 1 aromatic heterocycles. The second-order valence-corrected chi connectivity index (χ2v) is 8.25. The summed E-state index contributed by atoms with van der Waals surface area (Å²) in [6, 6.07) is 14.7. The van der Waals surface area contributed by atoms with E-state index >= 15 is 0 Å². The van der Waals surface area contributed by atoms with Crippen molar-refractivity contribution in [3.63, 3.8) is 0 Å². The number of methoxy groups -OCH3 is 1. The lowest BCUT2D eigenvalue weighted by atomic mass is 10.1. The summed E-state index contributed by atoms with van der Waals surface area (Å²) in [4.78, 5) is 18.1. The van der Waals surface area contributed by atoms with Crippen molar-refractivity contribution in [2.75, 3.05) is 34.4 Å².